The zero-order valence-corrected chi connectivity index (χ0v) is 12.2. The second kappa shape index (κ2) is 6.74. The fraction of sp³-hybridized carbons (Fsp3) is 0.333. The number of hydrogen-bond donors (Lipinski definition) is 2. The van der Waals surface area contributed by atoms with Crippen molar-refractivity contribution in [3.05, 3.63) is 65.7 Å². The first-order valence-corrected chi connectivity index (χ1v) is 7.58. The van der Waals surface area contributed by atoms with E-state index >= 15 is 0 Å². The monoisotopic (exact) mass is 282 g/mol. The summed E-state index contributed by atoms with van der Waals surface area (Å²) in [7, 11) is 0. The number of hydrazine groups is 1. The van der Waals surface area contributed by atoms with E-state index in [4.69, 9.17) is 10.6 Å². The third kappa shape index (κ3) is 4.06. The summed E-state index contributed by atoms with van der Waals surface area (Å²) in [5.41, 5.74) is 5.31. The van der Waals surface area contributed by atoms with Gasteiger partial charge in [0.05, 0.1) is 0 Å². The average Bonchev–Trinajstić information content (AvgIpc) is 3.36. The number of benzene rings is 2. The van der Waals surface area contributed by atoms with E-state index in [2.05, 4.69) is 29.7 Å². The molecule has 3 nitrogen and oxygen atoms in total. The first-order valence-electron chi connectivity index (χ1n) is 7.58. The minimum Gasteiger partial charge on any atom is -0.489 e. The SMILES string of the molecule is NNC(CC1CC1)c1cccc(OCc2ccccc2)c1. The molecule has 0 bridgehead atoms. The molecule has 0 saturated heterocycles. The van der Waals surface area contributed by atoms with Gasteiger partial charge in [0.2, 0.25) is 0 Å². The number of nitrogens with two attached hydrogens (primary N) is 1. The molecule has 1 fully saturated rings. The molecule has 0 radical (unpaired) electrons. The van der Waals surface area contributed by atoms with Gasteiger partial charge in [-0.15, -0.1) is 0 Å². The molecule has 21 heavy (non-hydrogen) atoms. The van der Waals surface area contributed by atoms with Crippen LogP contribution in [0.15, 0.2) is 54.6 Å². The van der Waals surface area contributed by atoms with Gasteiger partial charge in [0.15, 0.2) is 0 Å². The predicted octanol–water partition coefficient (Wildman–Crippen LogP) is 3.57. The van der Waals surface area contributed by atoms with Crippen molar-refractivity contribution in [3.8, 4) is 5.75 Å². The quantitative estimate of drug-likeness (QED) is 0.603. The molecule has 0 spiro atoms. The van der Waals surface area contributed by atoms with Crippen molar-refractivity contribution in [1.82, 2.24) is 5.43 Å². The van der Waals surface area contributed by atoms with Crippen LogP contribution >= 0.6 is 0 Å². The smallest absolute Gasteiger partial charge is 0.120 e. The standard InChI is InChI=1S/C18H22N2O/c19-20-18(11-14-9-10-14)16-7-4-8-17(12-16)21-13-15-5-2-1-3-6-15/h1-8,12,14,18,20H,9-11,13,19H2. The summed E-state index contributed by atoms with van der Waals surface area (Å²) in [5, 5.41) is 0. The zero-order valence-electron chi connectivity index (χ0n) is 12.2. The lowest BCUT2D eigenvalue weighted by atomic mass is 10.0. The first-order chi connectivity index (χ1) is 10.3. The molecular formula is C18H22N2O. The zero-order chi connectivity index (χ0) is 14.5. The average molecular weight is 282 g/mol. The van der Waals surface area contributed by atoms with Gasteiger partial charge >= 0.3 is 0 Å². The molecule has 1 aliphatic rings. The van der Waals surface area contributed by atoms with Crippen LogP contribution in [0.5, 0.6) is 5.75 Å². The van der Waals surface area contributed by atoms with Crippen LogP contribution in [-0.4, -0.2) is 0 Å². The summed E-state index contributed by atoms with van der Waals surface area (Å²) in [5.74, 6) is 7.43. The minimum absolute atomic E-state index is 0.220. The Kier molecular flexibility index (Phi) is 4.53. The second-order valence-corrected chi connectivity index (χ2v) is 5.75. The molecule has 1 atom stereocenters. The third-order valence-corrected chi connectivity index (χ3v) is 3.98. The summed E-state index contributed by atoms with van der Waals surface area (Å²) in [6, 6.07) is 18.7. The largest absolute Gasteiger partial charge is 0.489 e. The second-order valence-electron chi connectivity index (χ2n) is 5.75. The molecule has 0 aromatic heterocycles. The maximum absolute atomic E-state index is 5.88. The van der Waals surface area contributed by atoms with Gasteiger partial charge in [0.25, 0.3) is 0 Å². The van der Waals surface area contributed by atoms with Gasteiger partial charge in [-0.1, -0.05) is 55.3 Å². The number of ether oxygens (including phenoxy) is 1. The third-order valence-electron chi connectivity index (χ3n) is 3.98. The summed E-state index contributed by atoms with van der Waals surface area (Å²) in [4.78, 5) is 0. The van der Waals surface area contributed by atoms with E-state index in [1.165, 1.54) is 24.0 Å². The fourth-order valence-electron chi connectivity index (χ4n) is 2.55. The lowest BCUT2D eigenvalue weighted by Crippen LogP contribution is -2.28. The van der Waals surface area contributed by atoms with E-state index < -0.39 is 0 Å². The Hall–Kier alpha value is -1.84. The van der Waals surface area contributed by atoms with Gasteiger partial charge in [-0.2, -0.15) is 0 Å². The number of rotatable bonds is 7. The predicted molar refractivity (Wildman–Crippen MR) is 84.6 cm³/mol. The molecule has 110 valence electrons. The van der Waals surface area contributed by atoms with Gasteiger partial charge in [-0.25, -0.2) is 0 Å². The van der Waals surface area contributed by atoms with Crippen molar-refractivity contribution < 1.29 is 4.74 Å². The van der Waals surface area contributed by atoms with E-state index in [0.29, 0.717) is 6.61 Å². The molecule has 0 heterocycles. The highest BCUT2D eigenvalue weighted by Crippen LogP contribution is 2.37. The van der Waals surface area contributed by atoms with Crippen LogP contribution in [0.2, 0.25) is 0 Å². The van der Waals surface area contributed by atoms with Crippen LogP contribution in [0, 0.1) is 5.92 Å². The van der Waals surface area contributed by atoms with Gasteiger partial charge in [-0.05, 0) is 35.6 Å². The summed E-state index contributed by atoms with van der Waals surface area (Å²) >= 11 is 0. The maximum atomic E-state index is 5.88. The van der Waals surface area contributed by atoms with Gasteiger partial charge < -0.3 is 4.74 Å². The van der Waals surface area contributed by atoms with Gasteiger partial charge in [0, 0.05) is 6.04 Å². The molecule has 3 rings (SSSR count). The molecule has 1 unspecified atom stereocenters. The van der Waals surface area contributed by atoms with Crippen molar-refractivity contribution in [1.29, 1.82) is 0 Å². The summed E-state index contributed by atoms with van der Waals surface area (Å²) in [6.07, 6.45) is 3.78. The Morgan fingerprint density at radius 2 is 1.90 bits per heavy atom. The maximum Gasteiger partial charge on any atom is 0.120 e. The Morgan fingerprint density at radius 3 is 2.62 bits per heavy atom. The van der Waals surface area contributed by atoms with Crippen LogP contribution in [0.3, 0.4) is 0 Å². The summed E-state index contributed by atoms with van der Waals surface area (Å²) < 4.78 is 5.88. The molecule has 3 N–H and O–H groups in total. The molecular weight excluding hydrogens is 260 g/mol. The Labute approximate surface area is 126 Å². The van der Waals surface area contributed by atoms with Crippen molar-refractivity contribution in [2.45, 2.75) is 31.9 Å². The highest BCUT2D eigenvalue weighted by molar-refractivity contribution is 5.31. The highest BCUT2D eigenvalue weighted by Gasteiger charge is 2.25. The molecule has 1 saturated carbocycles. The molecule has 2 aromatic carbocycles. The lowest BCUT2D eigenvalue weighted by molar-refractivity contribution is 0.305. The number of nitrogens with one attached hydrogen (secondary N) is 1. The van der Waals surface area contributed by atoms with Crippen LogP contribution in [-0.2, 0) is 6.61 Å². The van der Waals surface area contributed by atoms with Crippen molar-refractivity contribution in [2.24, 2.45) is 11.8 Å². The molecule has 0 amide bonds. The van der Waals surface area contributed by atoms with Crippen molar-refractivity contribution in [2.75, 3.05) is 0 Å². The van der Waals surface area contributed by atoms with Gasteiger partial charge in [0.1, 0.15) is 12.4 Å². The van der Waals surface area contributed by atoms with E-state index in [9.17, 15) is 0 Å². The minimum atomic E-state index is 0.220. The Bertz CT molecular complexity index is 566. The van der Waals surface area contributed by atoms with Crippen LogP contribution in [0.25, 0.3) is 0 Å². The van der Waals surface area contributed by atoms with Gasteiger partial charge in [-0.3, -0.25) is 11.3 Å². The molecule has 3 heteroatoms. The van der Waals surface area contributed by atoms with E-state index in [-0.39, 0.29) is 6.04 Å². The van der Waals surface area contributed by atoms with Crippen LogP contribution in [0.4, 0.5) is 0 Å². The normalized spacial score (nSPS) is 15.7. The molecule has 0 aliphatic heterocycles. The first kappa shape index (κ1) is 14.1. The van der Waals surface area contributed by atoms with Crippen molar-refractivity contribution in [3.63, 3.8) is 0 Å². The highest BCUT2D eigenvalue weighted by atomic mass is 16.5. The lowest BCUT2D eigenvalue weighted by Gasteiger charge is -2.17. The van der Waals surface area contributed by atoms with E-state index in [1.807, 2.05) is 30.3 Å². The van der Waals surface area contributed by atoms with Crippen LogP contribution in [0.1, 0.15) is 36.4 Å². The topological polar surface area (TPSA) is 47.3 Å². The van der Waals surface area contributed by atoms with Crippen LogP contribution < -0.4 is 16.0 Å². The Balaban J connectivity index is 1.64. The van der Waals surface area contributed by atoms with E-state index in [0.717, 1.165) is 18.1 Å². The summed E-state index contributed by atoms with van der Waals surface area (Å²) in [6.45, 7) is 0.591. The fourth-order valence-corrected chi connectivity index (χ4v) is 2.55. The molecule has 1 aliphatic carbocycles. The van der Waals surface area contributed by atoms with E-state index in [1.54, 1.807) is 0 Å². The number of hydrogen-bond acceptors (Lipinski definition) is 3. The van der Waals surface area contributed by atoms with Crippen molar-refractivity contribution >= 4 is 0 Å². The Morgan fingerprint density at radius 1 is 1.10 bits per heavy atom. The molecule has 2 aromatic rings.